The van der Waals surface area contributed by atoms with Crippen LogP contribution in [0.25, 0.3) is 0 Å². The SMILES string of the molecule is CC(C)(C)NC(=O)Oc1ncc(I)s1. The van der Waals surface area contributed by atoms with Gasteiger partial charge in [-0.1, -0.05) is 11.3 Å². The number of aromatic nitrogens is 1. The van der Waals surface area contributed by atoms with E-state index < -0.39 is 6.09 Å². The van der Waals surface area contributed by atoms with E-state index in [-0.39, 0.29) is 5.54 Å². The summed E-state index contributed by atoms with van der Waals surface area (Å²) in [4.78, 5) is 15.2. The van der Waals surface area contributed by atoms with E-state index in [2.05, 4.69) is 32.9 Å². The zero-order valence-electron chi connectivity index (χ0n) is 8.13. The van der Waals surface area contributed by atoms with Gasteiger partial charge in [-0.15, -0.1) is 0 Å². The minimum Gasteiger partial charge on any atom is -0.381 e. The van der Waals surface area contributed by atoms with Crippen LogP contribution in [-0.4, -0.2) is 16.6 Å². The number of nitrogens with zero attached hydrogens (tertiary/aromatic N) is 1. The monoisotopic (exact) mass is 326 g/mol. The maximum absolute atomic E-state index is 11.3. The summed E-state index contributed by atoms with van der Waals surface area (Å²) < 4.78 is 5.95. The number of hydrogen-bond acceptors (Lipinski definition) is 4. The van der Waals surface area contributed by atoms with E-state index in [1.165, 1.54) is 11.3 Å². The van der Waals surface area contributed by atoms with Gasteiger partial charge in [0.1, 0.15) is 0 Å². The Morgan fingerprint density at radius 2 is 2.29 bits per heavy atom. The molecule has 0 bridgehead atoms. The van der Waals surface area contributed by atoms with Gasteiger partial charge < -0.3 is 10.1 Å². The lowest BCUT2D eigenvalue weighted by atomic mass is 10.1. The summed E-state index contributed by atoms with van der Waals surface area (Å²) >= 11 is 3.45. The molecular formula is C8H11IN2O2S. The first-order chi connectivity index (χ1) is 6.37. The van der Waals surface area contributed by atoms with Gasteiger partial charge in [0.05, 0.1) is 9.08 Å². The number of thiazole rings is 1. The third-order valence-electron chi connectivity index (χ3n) is 1.11. The molecule has 1 aromatic rings. The molecule has 78 valence electrons. The second-order valence-corrected chi connectivity index (χ2v) is 6.58. The molecule has 0 radical (unpaired) electrons. The number of rotatable bonds is 1. The summed E-state index contributed by atoms with van der Waals surface area (Å²) in [5.74, 6) is 0. The van der Waals surface area contributed by atoms with Crippen molar-refractivity contribution < 1.29 is 9.53 Å². The highest BCUT2D eigenvalue weighted by Gasteiger charge is 2.16. The smallest absolute Gasteiger partial charge is 0.381 e. The molecule has 1 heterocycles. The molecule has 0 aliphatic carbocycles. The van der Waals surface area contributed by atoms with E-state index in [1.807, 2.05) is 20.8 Å². The van der Waals surface area contributed by atoms with E-state index in [4.69, 9.17) is 4.74 Å². The van der Waals surface area contributed by atoms with Crippen molar-refractivity contribution >= 4 is 40.0 Å². The van der Waals surface area contributed by atoms with Crippen LogP contribution in [-0.2, 0) is 0 Å². The molecule has 0 atom stereocenters. The molecule has 0 saturated heterocycles. The van der Waals surface area contributed by atoms with Crippen LogP contribution < -0.4 is 10.1 Å². The standard InChI is InChI=1S/C8H11IN2O2S/c1-8(2,3)11-6(12)13-7-10-4-5(9)14-7/h4H,1-3H3,(H,11,12). The Bertz CT molecular complexity index is 332. The quantitative estimate of drug-likeness (QED) is 0.807. The topological polar surface area (TPSA) is 51.2 Å². The minimum absolute atomic E-state index is 0.290. The summed E-state index contributed by atoms with van der Waals surface area (Å²) in [5, 5.41) is 3.05. The van der Waals surface area contributed by atoms with Gasteiger partial charge in [0.2, 0.25) is 0 Å². The molecule has 1 N–H and O–H groups in total. The van der Waals surface area contributed by atoms with Gasteiger partial charge in [0.15, 0.2) is 0 Å². The first-order valence-electron chi connectivity index (χ1n) is 3.98. The van der Waals surface area contributed by atoms with Gasteiger partial charge in [0, 0.05) is 5.54 Å². The first-order valence-corrected chi connectivity index (χ1v) is 5.88. The number of hydrogen-bond donors (Lipinski definition) is 1. The number of amides is 1. The van der Waals surface area contributed by atoms with Gasteiger partial charge in [-0.2, -0.15) is 0 Å². The van der Waals surface area contributed by atoms with Gasteiger partial charge in [-0.3, -0.25) is 0 Å². The van der Waals surface area contributed by atoms with E-state index in [0.29, 0.717) is 5.19 Å². The lowest BCUT2D eigenvalue weighted by Gasteiger charge is -2.18. The van der Waals surface area contributed by atoms with Crippen LogP contribution in [0, 0.1) is 2.88 Å². The second kappa shape index (κ2) is 4.43. The van der Waals surface area contributed by atoms with Crippen LogP contribution in [0.1, 0.15) is 20.8 Å². The lowest BCUT2D eigenvalue weighted by molar-refractivity contribution is 0.190. The molecule has 0 unspecified atom stereocenters. The van der Waals surface area contributed by atoms with Crippen molar-refractivity contribution in [3.05, 3.63) is 9.08 Å². The molecule has 1 amide bonds. The van der Waals surface area contributed by atoms with E-state index >= 15 is 0 Å². The summed E-state index contributed by atoms with van der Waals surface area (Å²) in [6, 6.07) is 0. The fourth-order valence-electron chi connectivity index (χ4n) is 0.698. The molecule has 0 saturated carbocycles. The highest BCUT2D eigenvalue weighted by molar-refractivity contribution is 14.1. The largest absolute Gasteiger partial charge is 0.414 e. The van der Waals surface area contributed by atoms with Crippen molar-refractivity contribution in [2.45, 2.75) is 26.3 Å². The normalized spacial score (nSPS) is 11.1. The van der Waals surface area contributed by atoms with Gasteiger partial charge >= 0.3 is 6.09 Å². The number of halogens is 1. The van der Waals surface area contributed by atoms with Crippen molar-refractivity contribution in [1.29, 1.82) is 0 Å². The van der Waals surface area contributed by atoms with Crippen molar-refractivity contribution in [3.63, 3.8) is 0 Å². The van der Waals surface area contributed by atoms with Gasteiger partial charge in [-0.05, 0) is 43.4 Å². The van der Waals surface area contributed by atoms with E-state index in [1.54, 1.807) is 6.20 Å². The molecule has 4 nitrogen and oxygen atoms in total. The van der Waals surface area contributed by atoms with Gasteiger partial charge in [0.25, 0.3) is 5.19 Å². The van der Waals surface area contributed by atoms with Crippen molar-refractivity contribution in [2.75, 3.05) is 0 Å². The minimum atomic E-state index is -0.469. The fourth-order valence-corrected chi connectivity index (χ4v) is 1.90. The highest BCUT2D eigenvalue weighted by atomic mass is 127. The van der Waals surface area contributed by atoms with Crippen LogP contribution in [0.5, 0.6) is 5.19 Å². The molecule has 1 aromatic heterocycles. The Morgan fingerprint density at radius 3 is 2.71 bits per heavy atom. The molecule has 0 fully saturated rings. The van der Waals surface area contributed by atoms with Crippen LogP contribution in [0.15, 0.2) is 6.20 Å². The zero-order chi connectivity index (χ0) is 10.8. The summed E-state index contributed by atoms with van der Waals surface area (Å²) in [5.41, 5.74) is -0.290. The molecule has 0 aromatic carbocycles. The Kier molecular flexibility index (Phi) is 3.71. The van der Waals surface area contributed by atoms with Crippen molar-refractivity contribution in [1.82, 2.24) is 10.3 Å². The predicted octanol–water partition coefficient (Wildman–Crippen LogP) is 2.63. The highest BCUT2D eigenvalue weighted by Crippen LogP contribution is 2.21. The third kappa shape index (κ3) is 4.23. The molecule has 14 heavy (non-hydrogen) atoms. The lowest BCUT2D eigenvalue weighted by Crippen LogP contribution is -2.42. The predicted molar refractivity (Wildman–Crippen MR) is 63.7 cm³/mol. The number of carbonyl (C=O) groups excluding carboxylic acids is 1. The zero-order valence-corrected chi connectivity index (χ0v) is 11.1. The molecule has 1 rings (SSSR count). The Morgan fingerprint density at radius 1 is 1.64 bits per heavy atom. The third-order valence-corrected chi connectivity index (χ3v) is 2.72. The Labute approximate surface area is 100 Å². The molecular weight excluding hydrogens is 315 g/mol. The molecule has 0 spiro atoms. The summed E-state index contributed by atoms with van der Waals surface area (Å²) in [7, 11) is 0. The number of carbonyl (C=O) groups is 1. The fraction of sp³-hybridized carbons (Fsp3) is 0.500. The maximum atomic E-state index is 11.3. The maximum Gasteiger partial charge on any atom is 0.414 e. The van der Waals surface area contributed by atoms with E-state index in [0.717, 1.165) is 2.88 Å². The summed E-state index contributed by atoms with van der Waals surface area (Å²) in [6.07, 6.45) is 1.19. The van der Waals surface area contributed by atoms with Crippen LogP contribution in [0.3, 0.4) is 0 Å². The van der Waals surface area contributed by atoms with Gasteiger partial charge in [-0.25, -0.2) is 9.78 Å². The van der Waals surface area contributed by atoms with Crippen molar-refractivity contribution in [2.24, 2.45) is 0 Å². The van der Waals surface area contributed by atoms with Crippen molar-refractivity contribution in [3.8, 4) is 5.19 Å². The Balaban J connectivity index is 2.50. The Hall–Kier alpha value is -0.370. The molecule has 6 heteroatoms. The average molecular weight is 326 g/mol. The van der Waals surface area contributed by atoms with E-state index in [9.17, 15) is 4.79 Å². The second-order valence-electron chi connectivity index (χ2n) is 3.69. The number of nitrogens with one attached hydrogen (secondary N) is 1. The average Bonchev–Trinajstić information content (AvgIpc) is 2.30. The van der Waals surface area contributed by atoms with Crippen LogP contribution in [0.4, 0.5) is 4.79 Å². The molecule has 0 aliphatic rings. The van der Waals surface area contributed by atoms with Crippen LogP contribution in [0.2, 0.25) is 0 Å². The molecule has 0 aliphatic heterocycles. The first kappa shape index (κ1) is 11.7. The van der Waals surface area contributed by atoms with Crippen LogP contribution >= 0.6 is 33.9 Å². The number of ether oxygens (including phenoxy) is 1. The summed E-state index contributed by atoms with van der Waals surface area (Å²) in [6.45, 7) is 5.67.